The molecule has 2 aromatic heterocycles. The summed E-state index contributed by atoms with van der Waals surface area (Å²) in [5.41, 5.74) is 3.24. The Bertz CT molecular complexity index is 1370. The molecule has 3 heterocycles. The zero-order valence-electron chi connectivity index (χ0n) is 19.6. The van der Waals surface area contributed by atoms with Gasteiger partial charge in [-0.2, -0.15) is 0 Å². The van der Waals surface area contributed by atoms with Crippen molar-refractivity contribution in [1.82, 2.24) is 9.88 Å². The number of rotatable bonds is 4. The number of nitrogens with zero attached hydrogens (tertiary/aromatic N) is 2. The fourth-order valence-electron chi connectivity index (χ4n) is 4.95. The maximum absolute atomic E-state index is 13.9. The summed E-state index contributed by atoms with van der Waals surface area (Å²) < 4.78 is 7.40. The van der Waals surface area contributed by atoms with Crippen molar-refractivity contribution in [1.29, 1.82) is 0 Å². The van der Waals surface area contributed by atoms with E-state index in [9.17, 15) is 9.90 Å². The second-order valence-electron chi connectivity index (χ2n) is 9.68. The van der Waals surface area contributed by atoms with E-state index >= 15 is 0 Å². The number of phenols is 1. The molecule has 0 aliphatic carbocycles. The van der Waals surface area contributed by atoms with Gasteiger partial charge in [0.2, 0.25) is 5.43 Å². The smallest absolute Gasteiger partial charge is 0.203 e. The minimum absolute atomic E-state index is 0.000157. The van der Waals surface area contributed by atoms with Crippen molar-refractivity contribution in [2.45, 2.75) is 53.0 Å². The highest BCUT2D eigenvalue weighted by Gasteiger charge is 2.25. The number of hydrogen-bond acceptors (Lipinski definition) is 6. The average Bonchev–Trinajstić information content (AvgIpc) is 3.21. The molecule has 1 N–H and O–H groups in total. The fraction of sp³-hybridized carbons (Fsp3) is 0.407. The van der Waals surface area contributed by atoms with Gasteiger partial charge in [-0.3, -0.25) is 9.69 Å². The summed E-state index contributed by atoms with van der Waals surface area (Å²) in [6.45, 7) is 10.8. The number of aromatic nitrogens is 1. The van der Waals surface area contributed by atoms with Crippen molar-refractivity contribution in [3.05, 3.63) is 57.4 Å². The number of aryl methyl sites for hydroxylation is 1. The van der Waals surface area contributed by atoms with E-state index < -0.39 is 0 Å². The molecule has 1 fully saturated rings. The van der Waals surface area contributed by atoms with Gasteiger partial charge >= 0.3 is 0 Å². The van der Waals surface area contributed by atoms with Crippen LogP contribution in [0.3, 0.4) is 0 Å². The Balaban J connectivity index is 1.70. The van der Waals surface area contributed by atoms with E-state index in [1.807, 2.05) is 51.1 Å². The molecule has 0 amide bonds. The summed E-state index contributed by atoms with van der Waals surface area (Å²) in [7, 11) is 0. The lowest BCUT2D eigenvalue weighted by Gasteiger charge is -2.31. The molecule has 2 aromatic carbocycles. The van der Waals surface area contributed by atoms with Crippen LogP contribution in [0.1, 0.15) is 56.4 Å². The molecule has 5 nitrogen and oxygen atoms in total. The predicted octanol–water partition coefficient (Wildman–Crippen LogP) is 6.44. The lowest BCUT2D eigenvalue weighted by molar-refractivity contribution is 0.175. The first-order chi connectivity index (χ1) is 15.8. The highest BCUT2D eigenvalue weighted by molar-refractivity contribution is 7.21. The van der Waals surface area contributed by atoms with E-state index in [-0.39, 0.29) is 17.1 Å². The molecular weight excluding hydrogens is 432 g/mol. The Kier molecular flexibility index (Phi) is 5.75. The van der Waals surface area contributed by atoms with E-state index in [2.05, 4.69) is 11.8 Å². The number of aromatic hydroxyl groups is 1. The molecule has 1 aliphatic heterocycles. The molecule has 1 saturated heterocycles. The molecule has 1 unspecified atom stereocenters. The zero-order chi connectivity index (χ0) is 23.3. The van der Waals surface area contributed by atoms with Gasteiger partial charge in [-0.1, -0.05) is 32.9 Å². The largest absolute Gasteiger partial charge is 0.507 e. The molecule has 5 rings (SSSR count). The molecule has 33 heavy (non-hydrogen) atoms. The summed E-state index contributed by atoms with van der Waals surface area (Å²) in [5, 5.41) is 12.2. The van der Waals surface area contributed by atoms with Crippen LogP contribution in [0.5, 0.6) is 5.75 Å². The number of thiazole rings is 1. The second kappa shape index (κ2) is 8.58. The van der Waals surface area contributed by atoms with E-state index in [0.717, 1.165) is 35.3 Å². The highest BCUT2D eigenvalue weighted by Crippen LogP contribution is 2.38. The van der Waals surface area contributed by atoms with Crippen LogP contribution in [0, 0.1) is 12.8 Å². The maximum Gasteiger partial charge on any atom is 0.203 e. The minimum Gasteiger partial charge on any atom is -0.507 e. The quantitative estimate of drug-likeness (QED) is 0.378. The van der Waals surface area contributed by atoms with Crippen LogP contribution in [-0.4, -0.2) is 28.1 Å². The molecule has 0 saturated carbocycles. The van der Waals surface area contributed by atoms with Crippen molar-refractivity contribution in [2.75, 3.05) is 13.1 Å². The Labute approximate surface area is 197 Å². The van der Waals surface area contributed by atoms with Crippen molar-refractivity contribution in [2.24, 2.45) is 5.92 Å². The molecule has 1 atom stereocenters. The summed E-state index contributed by atoms with van der Waals surface area (Å²) >= 11 is 1.52. The molecule has 0 radical (unpaired) electrons. The van der Waals surface area contributed by atoms with Gasteiger partial charge in [-0.05, 0) is 50.4 Å². The number of likely N-dealkylation sites (tertiary alicyclic amines) is 1. The SMILES string of the molecule is Cc1c(O)c(CN2CCCC(C)C2)cc2c(=O)c(-c3nc4ccccc4s3)c(C(C)C)oc12. The van der Waals surface area contributed by atoms with Crippen LogP contribution in [-0.2, 0) is 6.54 Å². The molecule has 4 aromatic rings. The van der Waals surface area contributed by atoms with Crippen molar-refractivity contribution in [3.8, 4) is 16.3 Å². The van der Waals surface area contributed by atoms with Crippen LogP contribution in [0.15, 0.2) is 39.5 Å². The van der Waals surface area contributed by atoms with Crippen LogP contribution in [0.2, 0.25) is 0 Å². The van der Waals surface area contributed by atoms with Gasteiger partial charge in [0.05, 0.1) is 21.2 Å². The first-order valence-corrected chi connectivity index (χ1v) is 12.6. The normalized spacial score (nSPS) is 17.4. The lowest BCUT2D eigenvalue weighted by Crippen LogP contribution is -2.33. The number of piperidine rings is 1. The molecule has 6 heteroatoms. The first-order valence-electron chi connectivity index (χ1n) is 11.7. The van der Waals surface area contributed by atoms with Gasteiger partial charge in [0.1, 0.15) is 22.1 Å². The van der Waals surface area contributed by atoms with Gasteiger partial charge in [0.15, 0.2) is 0 Å². The average molecular weight is 463 g/mol. The first kappa shape index (κ1) is 22.1. The van der Waals surface area contributed by atoms with Crippen LogP contribution in [0.25, 0.3) is 31.8 Å². The van der Waals surface area contributed by atoms with Gasteiger partial charge in [0, 0.05) is 30.1 Å². The summed E-state index contributed by atoms with van der Waals surface area (Å²) in [6, 6.07) is 9.76. The minimum atomic E-state index is -0.0737. The Hall–Kier alpha value is -2.70. The highest BCUT2D eigenvalue weighted by atomic mass is 32.1. The van der Waals surface area contributed by atoms with Crippen LogP contribution < -0.4 is 5.43 Å². The Morgan fingerprint density at radius 3 is 2.82 bits per heavy atom. The standard InChI is InChI=1S/C27H30N2O3S/c1-15(2)25-22(27-28-20-9-5-6-10-21(20)33-27)24(31)19-12-18(23(30)17(4)26(19)32-25)14-29-11-7-8-16(3)13-29/h5-6,9-10,12,15-16,30H,7-8,11,13-14H2,1-4H3. The molecule has 172 valence electrons. The van der Waals surface area contributed by atoms with Gasteiger partial charge in [-0.25, -0.2) is 4.98 Å². The number of hydrogen-bond donors (Lipinski definition) is 1. The molecular formula is C27H30N2O3S. The van der Waals surface area contributed by atoms with E-state index in [4.69, 9.17) is 9.40 Å². The van der Waals surface area contributed by atoms with E-state index in [1.54, 1.807) is 0 Å². The maximum atomic E-state index is 13.9. The van der Waals surface area contributed by atoms with Gasteiger partial charge < -0.3 is 9.52 Å². The van der Waals surface area contributed by atoms with Crippen LogP contribution >= 0.6 is 11.3 Å². The van der Waals surface area contributed by atoms with Gasteiger partial charge in [0.25, 0.3) is 0 Å². The third kappa shape index (κ3) is 3.96. The lowest BCUT2D eigenvalue weighted by atomic mass is 9.97. The van der Waals surface area contributed by atoms with Crippen molar-refractivity contribution >= 4 is 32.5 Å². The van der Waals surface area contributed by atoms with E-state index in [0.29, 0.717) is 45.3 Å². The molecule has 0 bridgehead atoms. The number of phenolic OH excluding ortho intramolecular Hbond substituents is 1. The Morgan fingerprint density at radius 1 is 1.30 bits per heavy atom. The summed E-state index contributed by atoms with van der Waals surface area (Å²) in [6.07, 6.45) is 2.41. The topological polar surface area (TPSA) is 66.6 Å². The van der Waals surface area contributed by atoms with E-state index in [1.165, 1.54) is 17.8 Å². The fourth-order valence-corrected chi connectivity index (χ4v) is 5.96. The Morgan fingerprint density at radius 2 is 2.09 bits per heavy atom. The summed E-state index contributed by atoms with van der Waals surface area (Å²) in [5.74, 6) is 1.49. The monoisotopic (exact) mass is 462 g/mol. The number of para-hydroxylation sites is 1. The zero-order valence-corrected chi connectivity index (χ0v) is 20.5. The van der Waals surface area contributed by atoms with Crippen LogP contribution in [0.4, 0.5) is 0 Å². The number of fused-ring (bicyclic) bond motifs is 2. The second-order valence-corrected chi connectivity index (χ2v) is 10.7. The number of benzene rings is 2. The van der Waals surface area contributed by atoms with Crippen molar-refractivity contribution < 1.29 is 9.52 Å². The van der Waals surface area contributed by atoms with Gasteiger partial charge in [-0.15, -0.1) is 11.3 Å². The third-order valence-corrected chi connectivity index (χ3v) is 7.71. The molecule has 1 aliphatic rings. The predicted molar refractivity (Wildman–Crippen MR) is 135 cm³/mol. The third-order valence-electron chi connectivity index (χ3n) is 6.66. The molecule has 0 spiro atoms. The van der Waals surface area contributed by atoms with Crippen molar-refractivity contribution in [3.63, 3.8) is 0 Å². The summed E-state index contributed by atoms with van der Waals surface area (Å²) in [4.78, 5) is 21.0.